The topological polar surface area (TPSA) is 65.1 Å². The summed E-state index contributed by atoms with van der Waals surface area (Å²) in [4.78, 5) is 25.9. The summed E-state index contributed by atoms with van der Waals surface area (Å²) in [5.74, 6) is -0.423. The van der Waals surface area contributed by atoms with Crippen LogP contribution >= 0.6 is 0 Å². The van der Waals surface area contributed by atoms with Crippen molar-refractivity contribution in [2.24, 2.45) is 0 Å². The predicted molar refractivity (Wildman–Crippen MR) is 77.7 cm³/mol. The van der Waals surface area contributed by atoms with Crippen LogP contribution in [0.4, 0.5) is 4.79 Å². The lowest BCUT2D eigenvalue weighted by molar-refractivity contribution is -0.162. The SMILES string of the molecule is CO[C@@H]1CC[C@H](C(=O)OC(C)(C)C)N1C(=O)OC(C)(C)C. The molecule has 0 radical (unpaired) electrons. The fourth-order valence-electron chi connectivity index (χ4n) is 2.17. The molecule has 0 unspecified atom stereocenters. The molecule has 1 rings (SSSR count). The van der Waals surface area contributed by atoms with Crippen molar-refractivity contribution in [3.63, 3.8) is 0 Å². The number of ether oxygens (including phenoxy) is 3. The third kappa shape index (κ3) is 5.19. The molecule has 122 valence electrons. The second-order valence-corrected chi connectivity index (χ2v) is 7.20. The molecule has 0 aromatic heterocycles. The third-order valence-electron chi connectivity index (χ3n) is 2.89. The summed E-state index contributed by atoms with van der Waals surface area (Å²) in [5, 5.41) is 0. The Morgan fingerprint density at radius 2 is 1.48 bits per heavy atom. The van der Waals surface area contributed by atoms with Crippen LogP contribution in [0.2, 0.25) is 0 Å². The van der Waals surface area contributed by atoms with Crippen LogP contribution in [0, 0.1) is 0 Å². The fourth-order valence-corrected chi connectivity index (χ4v) is 2.17. The zero-order valence-electron chi connectivity index (χ0n) is 14.1. The maximum Gasteiger partial charge on any atom is 0.413 e. The number of carbonyl (C=O) groups is 2. The van der Waals surface area contributed by atoms with Crippen LogP contribution in [0.3, 0.4) is 0 Å². The number of likely N-dealkylation sites (tertiary alicyclic amines) is 1. The van der Waals surface area contributed by atoms with Crippen LogP contribution < -0.4 is 0 Å². The Morgan fingerprint density at radius 3 is 1.90 bits per heavy atom. The molecule has 0 spiro atoms. The van der Waals surface area contributed by atoms with Gasteiger partial charge in [0.1, 0.15) is 23.5 Å². The van der Waals surface area contributed by atoms with Gasteiger partial charge in [0.25, 0.3) is 0 Å². The molecule has 0 bridgehead atoms. The van der Waals surface area contributed by atoms with Crippen LogP contribution in [0.25, 0.3) is 0 Å². The lowest BCUT2D eigenvalue weighted by Gasteiger charge is -2.32. The van der Waals surface area contributed by atoms with Gasteiger partial charge in [0.15, 0.2) is 0 Å². The molecule has 0 saturated carbocycles. The normalized spacial score (nSPS) is 23.1. The number of amides is 1. The monoisotopic (exact) mass is 301 g/mol. The molecule has 1 saturated heterocycles. The van der Waals surface area contributed by atoms with Gasteiger partial charge in [0, 0.05) is 7.11 Å². The molecule has 0 N–H and O–H groups in total. The van der Waals surface area contributed by atoms with Gasteiger partial charge in [-0.05, 0) is 54.4 Å². The van der Waals surface area contributed by atoms with E-state index >= 15 is 0 Å². The summed E-state index contributed by atoms with van der Waals surface area (Å²) in [6, 6.07) is -0.663. The average molecular weight is 301 g/mol. The first kappa shape index (κ1) is 17.8. The minimum Gasteiger partial charge on any atom is -0.458 e. The zero-order valence-corrected chi connectivity index (χ0v) is 14.1. The predicted octanol–water partition coefficient (Wildman–Crippen LogP) is 2.70. The van der Waals surface area contributed by atoms with Gasteiger partial charge in [-0.2, -0.15) is 0 Å². The van der Waals surface area contributed by atoms with Crippen LogP contribution in [-0.4, -0.2) is 47.5 Å². The molecule has 1 amide bonds. The van der Waals surface area contributed by atoms with Crippen molar-refractivity contribution in [1.29, 1.82) is 0 Å². The lowest BCUT2D eigenvalue weighted by Crippen LogP contribution is -2.49. The molecule has 6 heteroatoms. The van der Waals surface area contributed by atoms with Gasteiger partial charge in [-0.15, -0.1) is 0 Å². The summed E-state index contributed by atoms with van der Waals surface area (Å²) in [6.07, 6.45) is 0.0758. The Bertz CT molecular complexity index is 394. The number of carbonyl (C=O) groups excluding carboxylic acids is 2. The maximum absolute atomic E-state index is 12.3. The lowest BCUT2D eigenvalue weighted by atomic mass is 10.1. The average Bonchev–Trinajstić information content (AvgIpc) is 2.67. The second-order valence-electron chi connectivity index (χ2n) is 7.20. The van der Waals surface area contributed by atoms with E-state index in [9.17, 15) is 9.59 Å². The van der Waals surface area contributed by atoms with Crippen molar-refractivity contribution in [3.05, 3.63) is 0 Å². The van der Waals surface area contributed by atoms with Crippen LogP contribution in [-0.2, 0) is 19.0 Å². The number of methoxy groups -OCH3 is 1. The molecule has 0 aromatic rings. The Morgan fingerprint density at radius 1 is 0.952 bits per heavy atom. The number of hydrogen-bond acceptors (Lipinski definition) is 5. The van der Waals surface area contributed by atoms with E-state index in [1.807, 2.05) is 0 Å². The number of rotatable bonds is 2. The van der Waals surface area contributed by atoms with Gasteiger partial charge in [-0.3, -0.25) is 4.90 Å². The first-order valence-corrected chi connectivity index (χ1v) is 7.21. The molecule has 6 nitrogen and oxygen atoms in total. The third-order valence-corrected chi connectivity index (χ3v) is 2.89. The summed E-state index contributed by atoms with van der Waals surface area (Å²) >= 11 is 0. The van der Waals surface area contributed by atoms with Crippen molar-refractivity contribution in [3.8, 4) is 0 Å². The molecule has 1 heterocycles. The molecular formula is C15H27NO5. The molecule has 0 aliphatic carbocycles. The highest BCUT2D eigenvalue weighted by molar-refractivity contribution is 5.82. The van der Waals surface area contributed by atoms with E-state index in [1.165, 1.54) is 12.0 Å². The Kier molecular flexibility index (Phi) is 5.25. The van der Waals surface area contributed by atoms with Gasteiger partial charge in [-0.1, -0.05) is 0 Å². The van der Waals surface area contributed by atoms with Crippen LogP contribution in [0.1, 0.15) is 54.4 Å². The molecule has 2 atom stereocenters. The maximum atomic E-state index is 12.3. The highest BCUT2D eigenvalue weighted by atomic mass is 16.6. The van der Waals surface area contributed by atoms with Crippen molar-refractivity contribution in [1.82, 2.24) is 4.90 Å². The summed E-state index contributed by atoms with van der Waals surface area (Å²) in [5.41, 5.74) is -1.22. The smallest absolute Gasteiger partial charge is 0.413 e. The fraction of sp³-hybridized carbons (Fsp3) is 0.867. The molecule has 1 fully saturated rings. The van der Waals surface area contributed by atoms with E-state index in [0.29, 0.717) is 12.8 Å². The Hall–Kier alpha value is -1.30. The van der Waals surface area contributed by atoms with Gasteiger partial charge in [0.2, 0.25) is 0 Å². The number of hydrogen-bond donors (Lipinski definition) is 0. The molecular weight excluding hydrogens is 274 g/mol. The minimum absolute atomic E-state index is 0.423. The van der Waals surface area contributed by atoms with Crippen LogP contribution in [0.5, 0.6) is 0 Å². The van der Waals surface area contributed by atoms with Gasteiger partial charge < -0.3 is 14.2 Å². The highest BCUT2D eigenvalue weighted by Gasteiger charge is 2.44. The highest BCUT2D eigenvalue weighted by Crippen LogP contribution is 2.28. The van der Waals surface area contributed by atoms with Gasteiger partial charge >= 0.3 is 12.1 Å². The Labute approximate surface area is 126 Å². The summed E-state index contributed by atoms with van der Waals surface area (Å²) in [7, 11) is 1.51. The van der Waals surface area contributed by atoms with Crippen molar-refractivity contribution in [2.75, 3.05) is 7.11 Å². The second kappa shape index (κ2) is 6.22. The van der Waals surface area contributed by atoms with Gasteiger partial charge in [0.05, 0.1) is 0 Å². The first-order valence-electron chi connectivity index (χ1n) is 7.21. The molecule has 1 aliphatic heterocycles. The minimum atomic E-state index is -0.663. The van der Waals surface area contributed by atoms with E-state index in [2.05, 4.69) is 0 Å². The van der Waals surface area contributed by atoms with Crippen molar-refractivity contribution in [2.45, 2.75) is 77.9 Å². The zero-order chi connectivity index (χ0) is 16.4. The number of nitrogens with zero attached hydrogens (tertiary/aromatic N) is 1. The van der Waals surface area contributed by atoms with E-state index < -0.39 is 35.5 Å². The van der Waals surface area contributed by atoms with E-state index in [4.69, 9.17) is 14.2 Å². The van der Waals surface area contributed by atoms with Gasteiger partial charge in [-0.25, -0.2) is 9.59 Å². The number of esters is 1. The summed E-state index contributed by atoms with van der Waals surface area (Å²) < 4.78 is 16.0. The molecule has 21 heavy (non-hydrogen) atoms. The van der Waals surface area contributed by atoms with Crippen molar-refractivity contribution < 1.29 is 23.8 Å². The standard InChI is InChI=1S/C15H27NO5/c1-14(2,3)20-12(17)10-8-9-11(19-7)16(10)13(18)21-15(4,5)6/h10-11H,8-9H2,1-7H3/t10-,11-/m1/s1. The van der Waals surface area contributed by atoms with Crippen molar-refractivity contribution >= 4 is 12.1 Å². The molecule has 0 aromatic carbocycles. The first-order chi connectivity index (χ1) is 9.44. The van der Waals surface area contributed by atoms with E-state index in [1.54, 1.807) is 41.5 Å². The van der Waals surface area contributed by atoms with Crippen LogP contribution in [0.15, 0.2) is 0 Å². The Balaban J connectivity index is 2.88. The summed E-state index contributed by atoms with van der Waals surface area (Å²) in [6.45, 7) is 10.7. The quantitative estimate of drug-likeness (QED) is 0.734. The van der Waals surface area contributed by atoms with E-state index in [-0.39, 0.29) is 0 Å². The largest absolute Gasteiger partial charge is 0.458 e. The van der Waals surface area contributed by atoms with E-state index in [0.717, 1.165) is 0 Å². The molecule has 1 aliphatic rings.